The molecule has 2 amide bonds. The molecule has 0 bridgehead atoms. The van der Waals surface area contributed by atoms with E-state index in [9.17, 15) is 18.4 Å². The van der Waals surface area contributed by atoms with Crippen LogP contribution in [0.25, 0.3) is 0 Å². The molecule has 0 radical (unpaired) electrons. The monoisotopic (exact) mass is 880 g/mol. The first-order valence-electron chi connectivity index (χ1n) is 19.3. The van der Waals surface area contributed by atoms with E-state index in [2.05, 4.69) is 26.6 Å². The highest BCUT2D eigenvalue weighted by Gasteiger charge is 2.63. The summed E-state index contributed by atoms with van der Waals surface area (Å²) in [5.74, 6) is -0.949. The Bertz CT molecular complexity index is 1720. The molecule has 5 rings (SSSR count). The lowest BCUT2D eigenvalue weighted by Gasteiger charge is -2.32. The van der Waals surface area contributed by atoms with Crippen LogP contribution in [-0.2, 0) is 37.4 Å². The van der Waals surface area contributed by atoms with Crippen molar-refractivity contribution in [2.45, 2.75) is 169 Å². The largest absolute Gasteiger partial charge is 0.497 e. The molecule has 0 aliphatic carbocycles. The Balaban J connectivity index is 0.000000239. The fourth-order valence-corrected chi connectivity index (χ4v) is 5.43. The van der Waals surface area contributed by atoms with Gasteiger partial charge in [0.05, 0.1) is 38.1 Å². The molecule has 2 aromatic carbocycles. The van der Waals surface area contributed by atoms with Gasteiger partial charge in [-0.1, -0.05) is 6.07 Å². The normalized spacial score (nSPS) is 20.9. The molecule has 2 aromatic rings. The molecule has 58 heavy (non-hydrogen) atoms. The summed E-state index contributed by atoms with van der Waals surface area (Å²) in [5.41, 5.74) is -2.76. The van der Waals surface area contributed by atoms with E-state index in [-0.39, 0.29) is 22.4 Å². The van der Waals surface area contributed by atoms with Gasteiger partial charge in [0.15, 0.2) is 0 Å². The van der Waals surface area contributed by atoms with Crippen molar-refractivity contribution in [1.82, 2.24) is 0 Å². The number of amides is 2. The van der Waals surface area contributed by atoms with Gasteiger partial charge in [-0.2, -0.15) is 0 Å². The second kappa shape index (κ2) is 17.3. The van der Waals surface area contributed by atoms with Gasteiger partial charge in [0.1, 0.15) is 22.8 Å². The van der Waals surface area contributed by atoms with E-state index in [1.54, 1.807) is 59.7 Å². The molecule has 12 nitrogen and oxygen atoms in total. The van der Waals surface area contributed by atoms with Gasteiger partial charge in [0, 0.05) is 16.8 Å². The molecule has 0 aromatic heterocycles. The summed E-state index contributed by atoms with van der Waals surface area (Å²) in [4.78, 5) is 23.1. The van der Waals surface area contributed by atoms with Crippen LogP contribution in [0.4, 0.5) is 29.7 Å². The molecule has 3 aliphatic rings. The van der Waals surface area contributed by atoms with E-state index in [0.29, 0.717) is 21.3 Å². The van der Waals surface area contributed by atoms with Crippen LogP contribution in [0.5, 0.6) is 0 Å². The Kier molecular flexibility index (Phi) is 14.8. The van der Waals surface area contributed by atoms with Crippen molar-refractivity contribution < 1.29 is 55.8 Å². The number of benzene rings is 2. The Hall–Kier alpha value is -2.73. The summed E-state index contributed by atoms with van der Waals surface area (Å²) >= 11 is 3.03. The third kappa shape index (κ3) is 12.9. The zero-order chi connectivity index (χ0) is 44.7. The third-order valence-corrected chi connectivity index (χ3v) is 11.1. The number of carbonyl (C=O) groups is 2. The molecule has 2 N–H and O–H groups in total. The summed E-state index contributed by atoms with van der Waals surface area (Å²) in [6.45, 7) is 34.4. The number of hydrogen-bond acceptors (Lipinski definition) is 10. The third-order valence-electron chi connectivity index (χ3n) is 10.5. The lowest BCUT2D eigenvalue weighted by molar-refractivity contribution is 0.00578. The molecule has 18 heteroatoms. The quantitative estimate of drug-likeness (QED) is 0.286. The van der Waals surface area contributed by atoms with Gasteiger partial charge in [0.2, 0.25) is 0 Å². The minimum atomic E-state index is -0.787. The standard InChI is InChI=1S/C17H25BFNO4.C12H24B2O4.C11H13BrFNO2/c1-15(2,3)22-14(21)20-11-8-9-12(13(19)10-11)18-23-16(4,5)17(6,7)24-18;1-9(2)10(3,4)16-13(15-9)14-17-11(5,6)12(7,8)18-14;1-11(2,3)16-10(15)14-7-4-5-8(12)9(13)6-7/h8-10H,1-7H3,(H,20,21);1-8H3;4-6H,1-3H3,(H,14,15). The number of nitrogens with one attached hydrogen (secondary N) is 2. The maximum atomic E-state index is 14.4. The first kappa shape index (κ1) is 49.6. The second-order valence-corrected chi connectivity index (χ2v) is 20.3. The molecule has 0 atom stereocenters. The molecular formula is C40H62B3BrF2N2O10. The SMILES string of the molecule is CC(C)(C)OC(=O)Nc1ccc(B2OC(C)(C)C(C)(C)O2)c(F)c1.CC(C)(C)OC(=O)Nc1ccc(Br)c(F)c1.CC1(C)OB(B2OC(C)(C)C(C)(C)O2)OC1(C)C. The van der Waals surface area contributed by atoms with Crippen molar-refractivity contribution in [2.24, 2.45) is 0 Å². The lowest BCUT2D eigenvalue weighted by atomic mass is 9.49. The summed E-state index contributed by atoms with van der Waals surface area (Å²) in [5, 5.41) is 4.95. The van der Waals surface area contributed by atoms with Crippen LogP contribution >= 0.6 is 15.9 Å². The molecule has 0 unspecified atom stereocenters. The highest BCUT2D eigenvalue weighted by Crippen LogP contribution is 2.43. The van der Waals surface area contributed by atoms with Gasteiger partial charge < -0.3 is 37.4 Å². The van der Waals surface area contributed by atoms with Crippen LogP contribution in [0.3, 0.4) is 0 Å². The smallest absolute Gasteiger partial charge is 0.444 e. The van der Waals surface area contributed by atoms with Crippen LogP contribution in [0.2, 0.25) is 0 Å². The van der Waals surface area contributed by atoms with Crippen molar-refractivity contribution in [3.63, 3.8) is 0 Å². The Labute approximate surface area is 353 Å². The van der Waals surface area contributed by atoms with Gasteiger partial charge in [-0.25, -0.2) is 18.4 Å². The first-order chi connectivity index (χ1) is 26.0. The maximum Gasteiger partial charge on any atom is 0.497 e. The molecule has 3 fully saturated rings. The van der Waals surface area contributed by atoms with Gasteiger partial charge in [-0.05, 0) is 171 Å². The van der Waals surface area contributed by atoms with Crippen LogP contribution in [0.1, 0.15) is 125 Å². The molecule has 3 heterocycles. The van der Waals surface area contributed by atoms with E-state index in [4.69, 9.17) is 37.4 Å². The van der Waals surface area contributed by atoms with Crippen molar-refractivity contribution in [3.8, 4) is 0 Å². The fraction of sp³-hybridized carbons (Fsp3) is 0.650. The Morgan fingerprint density at radius 2 is 0.862 bits per heavy atom. The first-order valence-corrected chi connectivity index (χ1v) is 20.1. The fourth-order valence-electron chi connectivity index (χ4n) is 5.18. The van der Waals surface area contributed by atoms with Crippen LogP contribution < -0.4 is 16.1 Å². The molecule has 322 valence electrons. The average Bonchev–Trinajstić information content (AvgIpc) is 3.46. The number of ether oxygens (including phenoxy) is 2. The summed E-state index contributed by atoms with van der Waals surface area (Å²) in [6, 6.07) is 8.68. The lowest BCUT2D eigenvalue weighted by Crippen LogP contribution is -2.41. The minimum Gasteiger partial charge on any atom is -0.444 e. The highest BCUT2D eigenvalue weighted by atomic mass is 79.9. The number of rotatable bonds is 4. The van der Waals surface area contributed by atoms with Gasteiger partial charge in [0.25, 0.3) is 0 Å². The van der Waals surface area contributed by atoms with E-state index < -0.39 is 67.4 Å². The van der Waals surface area contributed by atoms with E-state index >= 15 is 0 Å². The Morgan fingerprint density at radius 3 is 1.17 bits per heavy atom. The summed E-state index contributed by atoms with van der Waals surface area (Å²) in [6.07, 6.45) is -1.24. The van der Waals surface area contributed by atoms with E-state index in [1.807, 2.05) is 83.1 Å². The molecule has 0 spiro atoms. The van der Waals surface area contributed by atoms with Crippen molar-refractivity contribution in [1.29, 1.82) is 0 Å². The van der Waals surface area contributed by atoms with E-state index in [0.717, 1.165) is 0 Å². The number of hydrogen-bond donors (Lipinski definition) is 2. The number of halogens is 3. The van der Waals surface area contributed by atoms with Gasteiger partial charge >= 0.3 is 33.3 Å². The predicted octanol–water partition coefficient (Wildman–Crippen LogP) is 9.66. The molecule has 0 saturated carbocycles. The highest BCUT2D eigenvalue weighted by molar-refractivity contribution is 9.10. The molecular weight excluding hydrogens is 819 g/mol. The predicted molar refractivity (Wildman–Crippen MR) is 228 cm³/mol. The van der Waals surface area contributed by atoms with Gasteiger partial charge in [-0.3, -0.25) is 10.6 Å². The zero-order valence-electron chi connectivity index (χ0n) is 37.4. The van der Waals surface area contributed by atoms with Crippen molar-refractivity contribution in [2.75, 3.05) is 10.6 Å². The van der Waals surface area contributed by atoms with Crippen LogP contribution in [-0.4, -0.2) is 78.1 Å². The summed E-state index contributed by atoms with van der Waals surface area (Å²) in [7, 11) is -1.74. The molecule has 3 aliphatic heterocycles. The summed E-state index contributed by atoms with van der Waals surface area (Å²) < 4.78 is 73.6. The van der Waals surface area contributed by atoms with Crippen molar-refractivity contribution >= 4 is 66.1 Å². The van der Waals surface area contributed by atoms with Crippen molar-refractivity contribution in [3.05, 3.63) is 52.5 Å². The average molecular weight is 881 g/mol. The Morgan fingerprint density at radius 1 is 0.552 bits per heavy atom. The molecule has 3 saturated heterocycles. The van der Waals surface area contributed by atoms with E-state index in [1.165, 1.54) is 18.2 Å². The minimum absolute atomic E-state index is 0.295. The number of anilines is 2. The zero-order valence-corrected chi connectivity index (χ0v) is 39.0. The second-order valence-electron chi connectivity index (χ2n) is 19.5. The van der Waals surface area contributed by atoms with Crippen LogP contribution in [0.15, 0.2) is 40.9 Å². The topological polar surface area (TPSA) is 132 Å². The maximum absolute atomic E-state index is 14.4. The van der Waals surface area contributed by atoms with Gasteiger partial charge in [-0.15, -0.1) is 0 Å². The number of carbonyl (C=O) groups excluding carboxylic acids is 2. The van der Waals surface area contributed by atoms with Crippen LogP contribution in [0, 0.1) is 11.6 Å².